The maximum absolute atomic E-state index is 6.52. The monoisotopic (exact) mass is 314 g/mol. The number of ether oxygens (including phenoxy) is 1. The molecule has 0 saturated heterocycles. The van der Waals surface area contributed by atoms with Gasteiger partial charge in [-0.05, 0) is 53.9 Å². The number of rotatable bonds is 3. The highest BCUT2D eigenvalue weighted by Crippen LogP contribution is 2.35. The smallest absolute Gasteiger partial charge is 0.119 e. The molecule has 0 aliphatic carbocycles. The van der Waals surface area contributed by atoms with Crippen molar-refractivity contribution in [2.24, 2.45) is 0 Å². The fourth-order valence-corrected chi connectivity index (χ4v) is 2.87. The second kappa shape index (κ2) is 6.04. The van der Waals surface area contributed by atoms with Gasteiger partial charge < -0.3 is 4.74 Å². The standard InChI is InChI=1S/C15H13Cl3O/c1-9-5-13(19-2)3-4-14(9)15(18)10-6-11(16)8-12(17)7-10/h3-8,15H,1-2H3. The van der Waals surface area contributed by atoms with Crippen molar-refractivity contribution in [1.82, 2.24) is 0 Å². The molecule has 100 valence electrons. The van der Waals surface area contributed by atoms with E-state index >= 15 is 0 Å². The molecule has 0 fully saturated rings. The molecule has 1 unspecified atom stereocenters. The molecule has 1 nitrogen and oxygen atoms in total. The van der Waals surface area contributed by atoms with Crippen molar-refractivity contribution >= 4 is 34.8 Å². The molecule has 2 rings (SSSR count). The summed E-state index contributed by atoms with van der Waals surface area (Å²) in [5.74, 6) is 0.814. The van der Waals surface area contributed by atoms with Crippen molar-refractivity contribution in [3.63, 3.8) is 0 Å². The Morgan fingerprint density at radius 3 is 2.16 bits per heavy atom. The molecule has 0 aromatic heterocycles. The van der Waals surface area contributed by atoms with E-state index in [1.165, 1.54) is 0 Å². The van der Waals surface area contributed by atoms with Crippen LogP contribution in [0.3, 0.4) is 0 Å². The minimum atomic E-state index is -0.290. The van der Waals surface area contributed by atoms with Gasteiger partial charge in [0.05, 0.1) is 12.5 Å². The largest absolute Gasteiger partial charge is 0.497 e. The van der Waals surface area contributed by atoms with Crippen molar-refractivity contribution in [2.75, 3.05) is 7.11 Å². The van der Waals surface area contributed by atoms with Crippen LogP contribution in [0.15, 0.2) is 36.4 Å². The molecule has 1 atom stereocenters. The highest BCUT2D eigenvalue weighted by Gasteiger charge is 2.15. The number of aryl methyl sites for hydroxylation is 1. The topological polar surface area (TPSA) is 9.23 Å². The molecule has 2 aromatic rings. The van der Waals surface area contributed by atoms with Gasteiger partial charge in [-0.2, -0.15) is 0 Å². The maximum Gasteiger partial charge on any atom is 0.119 e. The van der Waals surface area contributed by atoms with Crippen LogP contribution in [0.5, 0.6) is 5.75 Å². The third-order valence-corrected chi connectivity index (χ3v) is 3.85. The molecule has 19 heavy (non-hydrogen) atoms. The predicted octanol–water partition coefficient (Wildman–Crippen LogP) is 5.64. The number of hydrogen-bond acceptors (Lipinski definition) is 1. The molecule has 0 N–H and O–H groups in total. The Hall–Kier alpha value is -0.890. The average molecular weight is 316 g/mol. The van der Waals surface area contributed by atoms with Crippen molar-refractivity contribution in [2.45, 2.75) is 12.3 Å². The molecular weight excluding hydrogens is 303 g/mol. The van der Waals surface area contributed by atoms with Crippen LogP contribution in [-0.4, -0.2) is 7.11 Å². The van der Waals surface area contributed by atoms with Gasteiger partial charge >= 0.3 is 0 Å². The van der Waals surface area contributed by atoms with Gasteiger partial charge in [-0.3, -0.25) is 0 Å². The first kappa shape index (κ1) is 14.5. The number of alkyl halides is 1. The van der Waals surface area contributed by atoms with E-state index in [0.717, 1.165) is 22.4 Å². The SMILES string of the molecule is COc1ccc(C(Cl)c2cc(Cl)cc(Cl)c2)c(C)c1. The van der Waals surface area contributed by atoms with Gasteiger partial charge in [-0.25, -0.2) is 0 Å². The molecule has 0 radical (unpaired) electrons. The van der Waals surface area contributed by atoms with E-state index in [1.807, 2.05) is 37.3 Å². The number of benzene rings is 2. The fraction of sp³-hybridized carbons (Fsp3) is 0.200. The average Bonchev–Trinajstić information content (AvgIpc) is 2.36. The van der Waals surface area contributed by atoms with Crippen molar-refractivity contribution in [3.05, 3.63) is 63.1 Å². The van der Waals surface area contributed by atoms with Crippen molar-refractivity contribution < 1.29 is 4.74 Å². The normalized spacial score (nSPS) is 12.3. The lowest BCUT2D eigenvalue weighted by atomic mass is 10.00. The summed E-state index contributed by atoms with van der Waals surface area (Å²) in [4.78, 5) is 0. The van der Waals surface area contributed by atoms with Crippen LogP contribution < -0.4 is 4.74 Å². The molecule has 2 aromatic carbocycles. The van der Waals surface area contributed by atoms with Crippen molar-refractivity contribution in [1.29, 1.82) is 0 Å². The molecule has 4 heteroatoms. The Morgan fingerprint density at radius 1 is 1.00 bits per heavy atom. The van der Waals surface area contributed by atoms with Crippen LogP contribution in [-0.2, 0) is 0 Å². The number of hydrogen-bond donors (Lipinski definition) is 0. The van der Waals surface area contributed by atoms with Gasteiger partial charge in [0.15, 0.2) is 0 Å². The second-order valence-corrected chi connectivity index (χ2v) is 5.60. The summed E-state index contributed by atoms with van der Waals surface area (Å²) in [6.07, 6.45) is 0. The Kier molecular flexibility index (Phi) is 4.62. The lowest BCUT2D eigenvalue weighted by molar-refractivity contribution is 0.414. The Morgan fingerprint density at radius 2 is 1.63 bits per heavy atom. The summed E-state index contributed by atoms with van der Waals surface area (Å²) in [6.45, 7) is 2.00. The molecule has 0 amide bonds. The van der Waals surface area contributed by atoms with Crippen LogP contribution in [0.4, 0.5) is 0 Å². The zero-order valence-corrected chi connectivity index (χ0v) is 12.9. The van der Waals surface area contributed by atoms with Gasteiger partial charge in [0, 0.05) is 10.0 Å². The minimum Gasteiger partial charge on any atom is -0.497 e. The third-order valence-electron chi connectivity index (χ3n) is 2.93. The van der Waals surface area contributed by atoms with E-state index in [1.54, 1.807) is 13.2 Å². The highest BCUT2D eigenvalue weighted by atomic mass is 35.5. The van der Waals surface area contributed by atoms with E-state index in [-0.39, 0.29) is 5.38 Å². The molecule has 0 spiro atoms. The zero-order valence-electron chi connectivity index (χ0n) is 10.6. The summed E-state index contributed by atoms with van der Waals surface area (Å²) < 4.78 is 5.19. The maximum atomic E-state index is 6.52. The molecule has 0 saturated carbocycles. The van der Waals surface area contributed by atoms with Crippen LogP contribution >= 0.6 is 34.8 Å². The van der Waals surface area contributed by atoms with E-state index in [9.17, 15) is 0 Å². The molecule has 0 aliphatic heterocycles. The number of methoxy groups -OCH3 is 1. The van der Waals surface area contributed by atoms with Gasteiger partial charge in [-0.15, -0.1) is 11.6 Å². The van der Waals surface area contributed by atoms with Gasteiger partial charge in [0.2, 0.25) is 0 Å². The lowest BCUT2D eigenvalue weighted by Gasteiger charge is -2.15. The minimum absolute atomic E-state index is 0.290. The summed E-state index contributed by atoms with van der Waals surface area (Å²) >= 11 is 18.5. The van der Waals surface area contributed by atoms with Crippen molar-refractivity contribution in [3.8, 4) is 5.75 Å². The first-order valence-electron chi connectivity index (χ1n) is 5.76. The first-order valence-corrected chi connectivity index (χ1v) is 6.95. The highest BCUT2D eigenvalue weighted by molar-refractivity contribution is 6.35. The van der Waals surface area contributed by atoms with Crippen LogP contribution in [0.25, 0.3) is 0 Å². The Balaban J connectivity index is 2.40. The zero-order chi connectivity index (χ0) is 14.0. The Bertz CT molecular complexity index is 576. The molecule has 0 bridgehead atoms. The van der Waals surface area contributed by atoms with Crippen LogP contribution in [0.2, 0.25) is 10.0 Å². The van der Waals surface area contributed by atoms with Crippen LogP contribution in [0.1, 0.15) is 22.1 Å². The Labute approximate surface area is 128 Å². The van der Waals surface area contributed by atoms with Gasteiger partial charge in [0.1, 0.15) is 5.75 Å². The van der Waals surface area contributed by atoms with Gasteiger partial charge in [-0.1, -0.05) is 29.3 Å². The van der Waals surface area contributed by atoms with E-state index in [4.69, 9.17) is 39.5 Å². The summed E-state index contributed by atoms with van der Waals surface area (Å²) in [6, 6.07) is 11.2. The molecule has 0 aliphatic rings. The molecular formula is C15H13Cl3O. The first-order chi connectivity index (χ1) is 9.01. The van der Waals surface area contributed by atoms with E-state index < -0.39 is 0 Å². The summed E-state index contributed by atoms with van der Waals surface area (Å²) in [7, 11) is 1.64. The fourth-order valence-electron chi connectivity index (χ4n) is 1.96. The summed E-state index contributed by atoms with van der Waals surface area (Å²) in [5, 5.41) is 0.876. The van der Waals surface area contributed by atoms with E-state index in [0.29, 0.717) is 10.0 Å². The van der Waals surface area contributed by atoms with Gasteiger partial charge in [0.25, 0.3) is 0 Å². The number of halogens is 3. The predicted molar refractivity (Wildman–Crippen MR) is 81.9 cm³/mol. The quantitative estimate of drug-likeness (QED) is 0.666. The summed E-state index contributed by atoms with van der Waals surface area (Å²) in [5.41, 5.74) is 2.96. The molecule has 0 heterocycles. The van der Waals surface area contributed by atoms with Crippen LogP contribution in [0, 0.1) is 6.92 Å². The third kappa shape index (κ3) is 3.36. The van der Waals surface area contributed by atoms with E-state index in [2.05, 4.69) is 0 Å². The lowest BCUT2D eigenvalue weighted by Crippen LogP contribution is -1.97. The second-order valence-electron chi connectivity index (χ2n) is 4.29.